The van der Waals surface area contributed by atoms with Crippen LogP contribution in [0.4, 0.5) is 4.39 Å². The molecule has 0 aromatic rings. The lowest BCUT2D eigenvalue weighted by molar-refractivity contribution is -0.142. The van der Waals surface area contributed by atoms with E-state index in [9.17, 15) is 14.1 Å². The Morgan fingerprint density at radius 3 is 3.00 bits per heavy atom. The summed E-state index contributed by atoms with van der Waals surface area (Å²) < 4.78 is 25.5. The van der Waals surface area contributed by atoms with Gasteiger partial charge < -0.3 is 9.47 Å². The second-order valence-electron chi connectivity index (χ2n) is 5.74. The maximum atomic E-state index is 14.4. The van der Waals surface area contributed by atoms with Crippen molar-refractivity contribution in [3.63, 3.8) is 0 Å². The minimum Gasteiger partial charge on any atom is -0.455 e. The third-order valence-electron chi connectivity index (χ3n) is 4.46. The Balaban J connectivity index is 2.25. The molecule has 3 rings (SSSR count). The molecule has 6 heteroatoms. The molecule has 0 unspecified atom stereocenters. The molecule has 0 aromatic heterocycles. The predicted molar refractivity (Wildman–Crippen MR) is 64.2 cm³/mol. The van der Waals surface area contributed by atoms with Crippen LogP contribution >= 0.6 is 0 Å². The Kier molecular flexibility index (Phi) is 2.43. The van der Waals surface area contributed by atoms with Crippen molar-refractivity contribution in [2.24, 2.45) is 5.18 Å². The molecule has 1 aliphatic heterocycles. The zero-order valence-electron chi connectivity index (χ0n) is 10.9. The minimum atomic E-state index is -1.75. The van der Waals surface area contributed by atoms with Crippen molar-refractivity contribution >= 4 is 5.97 Å². The highest BCUT2D eigenvalue weighted by molar-refractivity contribution is 5.95. The number of esters is 1. The van der Waals surface area contributed by atoms with Gasteiger partial charge in [0, 0.05) is 13.0 Å². The van der Waals surface area contributed by atoms with E-state index in [0.717, 1.165) is 0 Å². The molecule has 5 nitrogen and oxygen atoms in total. The lowest BCUT2D eigenvalue weighted by atomic mass is 9.67. The first-order chi connectivity index (χ1) is 8.91. The third kappa shape index (κ3) is 1.35. The van der Waals surface area contributed by atoms with Gasteiger partial charge in [-0.3, -0.25) is 0 Å². The topological polar surface area (TPSA) is 65.0 Å². The lowest BCUT2D eigenvalue weighted by Crippen LogP contribution is -2.60. The van der Waals surface area contributed by atoms with Crippen LogP contribution in [-0.4, -0.2) is 35.5 Å². The maximum absolute atomic E-state index is 14.4. The average Bonchev–Trinajstić information content (AvgIpc) is 2.77. The van der Waals surface area contributed by atoms with Crippen LogP contribution in [0.15, 0.2) is 16.8 Å². The summed E-state index contributed by atoms with van der Waals surface area (Å²) in [6.45, 7) is 3.43. The number of nitrogens with zero attached hydrogens (tertiary/aromatic N) is 1. The average molecular weight is 269 g/mol. The van der Waals surface area contributed by atoms with Gasteiger partial charge in [0.05, 0.1) is 5.57 Å². The number of nitroso groups, excluding NO2 is 1. The van der Waals surface area contributed by atoms with Crippen LogP contribution in [0.25, 0.3) is 0 Å². The summed E-state index contributed by atoms with van der Waals surface area (Å²) in [5, 5.41) is 3.21. The van der Waals surface area contributed by atoms with E-state index in [-0.39, 0.29) is 12.0 Å². The van der Waals surface area contributed by atoms with E-state index in [0.29, 0.717) is 19.4 Å². The van der Waals surface area contributed by atoms with Gasteiger partial charge >= 0.3 is 5.97 Å². The molecule has 2 aliphatic carbocycles. The van der Waals surface area contributed by atoms with E-state index in [1.807, 2.05) is 0 Å². The lowest BCUT2D eigenvalue weighted by Gasteiger charge is -2.44. The Morgan fingerprint density at radius 1 is 1.63 bits per heavy atom. The first-order valence-electron chi connectivity index (χ1n) is 6.52. The van der Waals surface area contributed by atoms with Crippen LogP contribution in [0.3, 0.4) is 0 Å². The van der Waals surface area contributed by atoms with Crippen molar-refractivity contribution in [1.29, 1.82) is 0 Å². The number of rotatable bonds is 3. The molecule has 0 amide bonds. The molecule has 0 bridgehead atoms. The number of carbonyl (C=O) groups is 1. The number of allylic oxidation sites excluding steroid dienone is 1. The molecule has 0 spiro atoms. The zero-order chi connectivity index (χ0) is 13.9. The third-order valence-corrected chi connectivity index (χ3v) is 4.46. The molecule has 0 N–H and O–H groups in total. The number of hydrogen-bond acceptors (Lipinski definition) is 5. The molecule has 1 saturated heterocycles. The highest BCUT2D eigenvalue weighted by Crippen LogP contribution is 2.60. The van der Waals surface area contributed by atoms with Gasteiger partial charge in [0.25, 0.3) is 0 Å². The van der Waals surface area contributed by atoms with Crippen LogP contribution in [0.1, 0.15) is 33.1 Å². The Morgan fingerprint density at radius 2 is 2.37 bits per heavy atom. The molecular weight excluding hydrogens is 253 g/mol. The van der Waals surface area contributed by atoms with Gasteiger partial charge in [0.15, 0.2) is 5.60 Å². The van der Waals surface area contributed by atoms with Gasteiger partial charge in [-0.25, -0.2) is 9.18 Å². The molecule has 0 radical (unpaired) electrons. The van der Waals surface area contributed by atoms with E-state index in [4.69, 9.17) is 9.47 Å². The highest BCUT2D eigenvalue weighted by atomic mass is 19.1. The van der Waals surface area contributed by atoms with Crippen molar-refractivity contribution in [2.75, 3.05) is 6.61 Å². The fraction of sp³-hybridized carbons (Fsp3) is 0.769. The second-order valence-corrected chi connectivity index (χ2v) is 5.74. The predicted octanol–water partition coefficient (Wildman–Crippen LogP) is 2.04. The minimum absolute atomic E-state index is 0.0693. The van der Waals surface area contributed by atoms with Gasteiger partial charge in [0.2, 0.25) is 0 Å². The Hall–Kier alpha value is -1.30. The van der Waals surface area contributed by atoms with E-state index in [1.54, 1.807) is 6.92 Å². The normalized spacial score (nSPS) is 47.6. The number of alkyl halides is 1. The van der Waals surface area contributed by atoms with Crippen LogP contribution in [-0.2, 0) is 14.3 Å². The van der Waals surface area contributed by atoms with E-state index in [1.165, 1.54) is 13.0 Å². The number of hydrogen-bond donors (Lipinski definition) is 0. The Labute approximate surface area is 110 Å². The first kappa shape index (κ1) is 12.7. The summed E-state index contributed by atoms with van der Waals surface area (Å²) in [6, 6.07) is 0. The quantitative estimate of drug-likeness (QED) is 0.581. The maximum Gasteiger partial charge on any atom is 0.337 e. The molecule has 1 saturated carbocycles. The van der Waals surface area contributed by atoms with Gasteiger partial charge in [-0.1, -0.05) is 5.18 Å². The number of carbonyl (C=O) groups excluding carboxylic acids is 1. The van der Waals surface area contributed by atoms with Gasteiger partial charge in [-0.2, -0.15) is 4.91 Å². The summed E-state index contributed by atoms with van der Waals surface area (Å²) >= 11 is 0. The summed E-state index contributed by atoms with van der Waals surface area (Å²) in [5.41, 5.74) is -4.05. The summed E-state index contributed by atoms with van der Waals surface area (Å²) in [5.74, 6) is -0.588. The SMILES string of the molecule is CCO[C@]12C3=C[C@@](C)(F)C[C@@]1(N=O)CC[C@H]2OC3=O. The monoisotopic (exact) mass is 269 g/mol. The van der Waals surface area contributed by atoms with Gasteiger partial charge in [0.1, 0.15) is 17.3 Å². The van der Waals surface area contributed by atoms with Crippen molar-refractivity contribution in [3.05, 3.63) is 16.6 Å². The molecule has 3 aliphatic rings. The molecule has 2 fully saturated rings. The number of halogens is 1. The van der Waals surface area contributed by atoms with Crippen LogP contribution in [0.5, 0.6) is 0 Å². The molecule has 104 valence electrons. The van der Waals surface area contributed by atoms with Crippen molar-refractivity contribution < 1.29 is 18.7 Å². The number of ether oxygens (including phenoxy) is 2. The van der Waals surface area contributed by atoms with Crippen molar-refractivity contribution in [3.8, 4) is 0 Å². The van der Waals surface area contributed by atoms with E-state index >= 15 is 0 Å². The van der Waals surface area contributed by atoms with Crippen molar-refractivity contribution in [2.45, 2.75) is 56.0 Å². The molecule has 19 heavy (non-hydrogen) atoms. The summed E-state index contributed by atoms with van der Waals surface area (Å²) in [6.07, 6.45) is 1.51. The van der Waals surface area contributed by atoms with Crippen LogP contribution < -0.4 is 0 Å². The Bertz CT molecular complexity index is 489. The van der Waals surface area contributed by atoms with Crippen LogP contribution in [0, 0.1) is 4.91 Å². The molecular formula is C13H16FNO4. The molecule has 4 atom stereocenters. The molecule has 1 heterocycles. The molecule has 0 aromatic carbocycles. The highest BCUT2D eigenvalue weighted by Gasteiger charge is 2.74. The van der Waals surface area contributed by atoms with Gasteiger partial charge in [-0.15, -0.1) is 0 Å². The first-order valence-corrected chi connectivity index (χ1v) is 6.52. The smallest absolute Gasteiger partial charge is 0.337 e. The summed E-state index contributed by atoms with van der Waals surface area (Å²) in [7, 11) is 0. The van der Waals surface area contributed by atoms with Crippen LogP contribution in [0.2, 0.25) is 0 Å². The van der Waals surface area contributed by atoms with Crippen molar-refractivity contribution in [1.82, 2.24) is 0 Å². The standard InChI is InChI=1S/C13H16FNO4/c1-3-18-13-8-6-11(2,14)7-12(13,15-17)5-4-9(13)19-10(8)16/h6,9H,3-5,7H2,1-2H3/t9-,11-,12+,13+/m1/s1. The second kappa shape index (κ2) is 3.62. The van der Waals surface area contributed by atoms with E-state index in [2.05, 4.69) is 5.18 Å². The van der Waals surface area contributed by atoms with E-state index < -0.39 is 28.9 Å². The summed E-state index contributed by atoms with van der Waals surface area (Å²) in [4.78, 5) is 23.4. The fourth-order valence-corrected chi connectivity index (χ4v) is 3.96. The zero-order valence-corrected chi connectivity index (χ0v) is 10.9. The van der Waals surface area contributed by atoms with Gasteiger partial charge in [-0.05, 0) is 32.8 Å². The fourth-order valence-electron chi connectivity index (χ4n) is 3.96. The largest absolute Gasteiger partial charge is 0.455 e.